The number of nitrogens with one attached hydrogen (secondary N) is 1. The van der Waals surface area contributed by atoms with Gasteiger partial charge < -0.3 is 10.1 Å². The summed E-state index contributed by atoms with van der Waals surface area (Å²) in [7, 11) is 0. The molecule has 1 N–H and O–H groups in total. The van der Waals surface area contributed by atoms with Crippen LogP contribution in [0.5, 0.6) is 5.88 Å². The van der Waals surface area contributed by atoms with Gasteiger partial charge in [0.25, 0.3) is 5.88 Å². The molecule has 1 aliphatic rings. The summed E-state index contributed by atoms with van der Waals surface area (Å²) in [6.07, 6.45) is 3.15. The summed E-state index contributed by atoms with van der Waals surface area (Å²) in [5, 5.41) is 10.8. The molecule has 0 fully saturated rings. The Morgan fingerprint density at radius 2 is 2.50 bits per heavy atom. The van der Waals surface area contributed by atoms with Crippen LogP contribution in [0.1, 0.15) is 19.0 Å². The van der Waals surface area contributed by atoms with Gasteiger partial charge in [-0.25, -0.2) is 4.63 Å². The van der Waals surface area contributed by atoms with Crippen LogP contribution in [0.4, 0.5) is 0 Å². The summed E-state index contributed by atoms with van der Waals surface area (Å²) < 4.78 is 9.95. The van der Waals surface area contributed by atoms with Crippen molar-refractivity contribution >= 4 is 5.57 Å². The van der Waals surface area contributed by atoms with Crippen LogP contribution in [0.25, 0.3) is 5.57 Å². The minimum Gasteiger partial charge on any atom is -0.474 e. The van der Waals surface area contributed by atoms with Crippen LogP contribution in [-0.4, -0.2) is 30.0 Å². The fourth-order valence-electron chi connectivity index (χ4n) is 1.43. The Bertz CT molecular complexity index is 333. The first-order valence-corrected chi connectivity index (χ1v) is 4.77. The molecule has 1 aliphatic heterocycles. The van der Waals surface area contributed by atoms with Gasteiger partial charge in [-0.2, -0.15) is 0 Å². The predicted molar refractivity (Wildman–Crippen MR) is 50.9 cm³/mol. The number of ether oxygens (including phenoxy) is 1. The average molecular weight is 195 g/mol. The molecule has 76 valence electrons. The van der Waals surface area contributed by atoms with Crippen LogP contribution in [0, 0.1) is 0 Å². The molecule has 14 heavy (non-hydrogen) atoms. The van der Waals surface area contributed by atoms with Crippen LogP contribution in [-0.2, 0) is 0 Å². The summed E-state index contributed by atoms with van der Waals surface area (Å²) in [5.74, 6) is 0.488. The van der Waals surface area contributed by atoms with Gasteiger partial charge in [-0.15, -0.1) is 0 Å². The van der Waals surface area contributed by atoms with Crippen molar-refractivity contribution < 1.29 is 9.37 Å². The van der Waals surface area contributed by atoms with Gasteiger partial charge in [-0.05, 0) is 35.8 Å². The van der Waals surface area contributed by atoms with Crippen molar-refractivity contribution in [2.75, 3.05) is 19.7 Å². The fraction of sp³-hybridized carbons (Fsp3) is 0.556. The molecule has 2 rings (SSSR count). The van der Waals surface area contributed by atoms with Gasteiger partial charge in [0.1, 0.15) is 0 Å². The molecular weight excluding hydrogens is 182 g/mol. The van der Waals surface area contributed by atoms with Gasteiger partial charge in [0.05, 0.1) is 6.61 Å². The second-order valence-electron chi connectivity index (χ2n) is 3.05. The number of hydrogen-bond donors (Lipinski definition) is 1. The zero-order valence-electron chi connectivity index (χ0n) is 8.12. The van der Waals surface area contributed by atoms with E-state index in [1.165, 1.54) is 0 Å². The molecule has 0 aliphatic carbocycles. The van der Waals surface area contributed by atoms with E-state index in [2.05, 4.69) is 26.3 Å². The number of aromatic nitrogens is 2. The minimum absolute atomic E-state index is 0.488. The molecule has 0 saturated heterocycles. The van der Waals surface area contributed by atoms with E-state index in [4.69, 9.17) is 4.74 Å². The van der Waals surface area contributed by atoms with E-state index in [0.717, 1.165) is 30.8 Å². The van der Waals surface area contributed by atoms with Crippen molar-refractivity contribution in [3.63, 3.8) is 0 Å². The van der Waals surface area contributed by atoms with Crippen LogP contribution >= 0.6 is 0 Å². The zero-order chi connectivity index (χ0) is 9.80. The second kappa shape index (κ2) is 4.23. The molecule has 0 spiro atoms. The molecule has 5 nitrogen and oxygen atoms in total. The maximum absolute atomic E-state index is 5.29. The molecular formula is C9H13N3O2. The fourth-order valence-corrected chi connectivity index (χ4v) is 1.43. The van der Waals surface area contributed by atoms with Crippen molar-refractivity contribution in [1.29, 1.82) is 0 Å². The highest BCUT2D eigenvalue weighted by Gasteiger charge is 2.16. The Labute approximate surface area is 82.1 Å². The number of rotatable bonds is 3. The second-order valence-corrected chi connectivity index (χ2v) is 3.05. The molecule has 0 saturated carbocycles. The molecule has 0 bridgehead atoms. The largest absolute Gasteiger partial charge is 0.474 e. The first-order valence-electron chi connectivity index (χ1n) is 4.77. The van der Waals surface area contributed by atoms with Crippen LogP contribution in [0.3, 0.4) is 0 Å². The highest BCUT2D eigenvalue weighted by atomic mass is 16.6. The lowest BCUT2D eigenvalue weighted by atomic mass is 10.1. The first kappa shape index (κ1) is 9.21. The van der Waals surface area contributed by atoms with Gasteiger partial charge in [-0.1, -0.05) is 6.08 Å². The smallest absolute Gasteiger partial charge is 0.283 e. The van der Waals surface area contributed by atoms with E-state index in [1.54, 1.807) is 0 Å². The van der Waals surface area contributed by atoms with Gasteiger partial charge in [0.2, 0.25) is 0 Å². The van der Waals surface area contributed by atoms with E-state index in [1.807, 2.05) is 6.92 Å². The lowest BCUT2D eigenvalue weighted by Crippen LogP contribution is -2.21. The van der Waals surface area contributed by atoms with E-state index in [9.17, 15) is 0 Å². The van der Waals surface area contributed by atoms with E-state index in [0.29, 0.717) is 12.5 Å². The minimum atomic E-state index is 0.488. The summed E-state index contributed by atoms with van der Waals surface area (Å²) in [6, 6.07) is 0. The Kier molecular flexibility index (Phi) is 2.78. The van der Waals surface area contributed by atoms with E-state index in [-0.39, 0.29) is 0 Å². The summed E-state index contributed by atoms with van der Waals surface area (Å²) >= 11 is 0. The first-order chi connectivity index (χ1) is 6.92. The highest BCUT2D eigenvalue weighted by molar-refractivity contribution is 5.67. The molecule has 0 amide bonds. The average Bonchev–Trinajstić information content (AvgIpc) is 2.68. The summed E-state index contributed by atoms with van der Waals surface area (Å²) in [5.41, 5.74) is 1.82. The maximum Gasteiger partial charge on any atom is 0.283 e. The molecule has 0 unspecified atom stereocenters. The molecule has 1 aromatic rings. The molecule has 1 aromatic heterocycles. The molecule has 0 atom stereocenters. The van der Waals surface area contributed by atoms with Gasteiger partial charge in [-0.3, -0.25) is 0 Å². The Hall–Kier alpha value is -1.36. The van der Waals surface area contributed by atoms with Crippen molar-refractivity contribution in [3.05, 3.63) is 11.8 Å². The van der Waals surface area contributed by atoms with E-state index < -0.39 is 0 Å². The third kappa shape index (κ3) is 1.77. The molecule has 5 heteroatoms. The Morgan fingerprint density at radius 3 is 3.21 bits per heavy atom. The predicted octanol–water partition coefficient (Wildman–Crippen LogP) is 0.845. The van der Waals surface area contributed by atoms with Gasteiger partial charge in [0.15, 0.2) is 5.69 Å². The Morgan fingerprint density at radius 1 is 1.57 bits per heavy atom. The van der Waals surface area contributed by atoms with Crippen LogP contribution in [0.2, 0.25) is 0 Å². The summed E-state index contributed by atoms with van der Waals surface area (Å²) in [4.78, 5) is 0. The topological polar surface area (TPSA) is 60.2 Å². The third-order valence-corrected chi connectivity index (χ3v) is 2.07. The normalized spacial score (nSPS) is 16.5. The van der Waals surface area contributed by atoms with Crippen molar-refractivity contribution in [3.8, 4) is 5.88 Å². The third-order valence-electron chi connectivity index (χ3n) is 2.07. The monoisotopic (exact) mass is 195 g/mol. The lowest BCUT2D eigenvalue weighted by molar-refractivity contribution is 0.264. The molecule has 0 radical (unpaired) electrons. The van der Waals surface area contributed by atoms with Crippen molar-refractivity contribution in [2.45, 2.75) is 13.3 Å². The molecule has 0 aromatic carbocycles. The number of nitrogens with zero attached hydrogens (tertiary/aromatic N) is 2. The Balaban J connectivity index is 2.21. The standard InChI is InChI=1S/C9H13N3O2/c1-2-13-9-8(11-14-12-9)7-4-3-5-10-6-7/h4,10H,2-3,5-6H2,1H3. The van der Waals surface area contributed by atoms with Gasteiger partial charge in [0, 0.05) is 6.54 Å². The van der Waals surface area contributed by atoms with Crippen molar-refractivity contribution in [1.82, 2.24) is 15.6 Å². The number of hydrogen-bond acceptors (Lipinski definition) is 5. The van der Waals surface area contributed by atoms with E-state index >= 15 is 0 Å². The van der Waals surface area contributed by atoms with Crippen LogP contribution < -0.4 is 10.1 Å². The molecule has 2 heterocycles. The van der Waals surface area contributed by atoms with Crippen molar-refractivity contribution in [2.24, 2.45) is 0 Å². The summed E-state index contributed by atoms with van der Waals surface area (Å²) in [6.45, 7) is 4.29. The van der Waals surface area contributed by atoms with Crippen LogP contribution in [0.15, 0.2) is 10.7 Å². The quantitative estimate of drug-likeness (QED) is 0.774. The van der Waals surface area contributed by atoms with Gasteiger partial charge >= 0.3 is 0 Å². The lowest BCUT2D eigenvalue weighted by Gasteiger charge is -2.11. The SMILES string of the molecule is CCOc1nonc1C1=CCCNC1. The highest BCUT2D eigenvalue weighted by Crippen LogP contribution is 2.23. The zero-order valence-corrected chi connectivity index (χ0v) is 8.12. The maximum atomic E-state index is 5.29.